The number of nitrogens with one attached hydrogen (secondary N) is 2. The van der Waals surface area contributed by atoms with Gasteiger partial charge < -0.3 is 20.5 Å². The summed E-state index contributed by atoms with van der Waals surface area (Å²) < 4.78 is 75.4. The van der Waals surface area contributed by atoms with Gasteiger partial charge in [-0.1, -0.05) is 18.5 Å². The second-order valence-corrected chi connectivity index (χ2v) is 11.6. The van der Waals surface area contributed by atoms with Crippen LogP contribution >= 0.6 is 11.6 Å². The zero-order chi connectivity index (χ0) is 30.2. The van der Waals surface area contributed by atoms with Gasteiger partial charge in [-0.25, -0.2) is 13.6 Å². The maximum absolute atomic E-state index is 14.2. The lowest BCUT2D eigenvalue weighted by Gasteiger charge is -2.38. The molecule has 3 aromatic rings. The monoisotopic (exact) mass is 607 g/mol. The molecular weight excluding hydrogens is 585 g/mol. The molecule has 3 N–H and O–H groups in total. The molecule has 0 saturated carbocycles. The minimum absolute atomic E-state index is 0.0751. The van der Waals surface area contributed by atoms with Gasteiger partial charge in [-0.3, -0.25) is 9.69 Å². The molecule has 0 unspecified atom stereocenters. The number of alkyl halides is 3. The molecule has 7 nitrogen and oxygen atoms in total. The maximum Gasteiger partial charge on any atom is 0.423 e. The molecule has 0 aromatic heterocycles. The molecule has 2 atom stereocenters. The molecule has 13 heteroatoms. The van der Waals surface area contributed by atoms with Crippen molar-refractivity contribution in [3.63, 3.8) is 0 Å². The lowest BCUT2D eigenvalue weighted by molar-refractivity contribution is -0.258. The molecule has 220 valence electrons. The largest absolute Gasteiger partial charge is 0.423 e. The molecule has 3 aliphatic rings. The van der Waals surface area contributed by atoms with Gasteiger partial charge in [0.25, 0.3) is 5.91 Å². The summed E-state index contributed by atoms with van der Waals surface area (Å²) in [5.74, 6) is -2.15. The predicted octanol–water partition coefficient (Wildman–Crippen LogP) is 5.83. The van der Waals surface area contributed by atoms with E-state index >= 15 is 0 Å². The summed E-state index contributed by atoms with van der Waals surface area (Å²) in [6, 6.07) is 7.19. The maximum atomic E-state index is 14.2. The number of ether oxygens (including phenoxy) is 1. The van der Waals surface area contributed by atoms with E-state index in [9.17, 15) is 36.6 Å². The van der Waals surface area contributed by atoms with Gasteiger partial charge in [0, 0.05) is 38.4 Å². The number of carbonyl (C=O) groups is 2. The van der Waals surface area contributed by atoms with Crippen molar-refractivity contribution in [2.75, 3.05) is 30.0 Å². The van der Waals surface area contributed by atoms with E-state index in [1.165, 1.54) is 6.07 Å². The number of halogens is 6. The summed E-state index contributed by atoms with van der Waals surface area (Å²) in [5.41, 5.74) is -3.55. The van der Waals surface area contributed by atoms with Gasteiger partial charge in [0.2, 0.25) is 5.60 Å². The summed E-state index contributed by atoms with van der Waals surface area (Å²) in [4.78, 5) is 27.4. The number of β-amino-alcohol motifs (C(OH)–C–C–N with tert-alkyl or cyclic N) is 1. The first-order chi connectivity index (χ1) is 19.7. The lowest BCUT2D eigenvalue weighted by Crippen LogP contribution is -2.48. The van der Waals surface area contributed by atoms with E-state index in [0.29, 0.717) is 36.2 Å². The van der Waals surface area contributed by atoms with E-state index < -0.39 is 53.5 Å². The Bertz CT molecular complexity index is 1640. The summed E-state index contributed by atoms with van der Waals surface area (Å²) in [6.45, 7) is 1.69. The molecule has 3 amide bonds. The Hall–Kier alpha value is -3.74. The Balaban J connectivity index is 1.44. The molecule has 0 aliphatic carbocycles. The van der Waals surface area contributed by atoms with Gasteiger partial charge in [0.05, 0.1) is 31.5 Å². The third-order valence-corrected chi connectivity index (χ3v) is 8.23. The van der Waals surface area contributed by atoms with Crippen molar-refractivity contribution in [3.8, 4) is 0 Å². The first kappa shape index (κ1) is 28.4. The van der Waals surface area contributed by atoms with Crippen LogP contribution in [-0.2, 0) is 16.8 Å². The number of anilines is 2. The van der Waals surface area contributed by atoms with Crippen molar-refractivity contribution >= 4 is 34.9 Å². The molecular formula is C29H23ClF5N3O4. The lowest BCUT2D eigenvalue weighted by atomic mass is 9.81. The van der Waals surface area contributed by atoms with Crippen LogP contribution in [0.3, 0.4) is 0 Å². The van der Waals surface area contributed by atoms with E-state index in [1.54, 1.807) is 12.1 Å². The number of amides is 3. The SMILES string of the molecule is CC1(Cc2cc(NC(=O)N3C[C@@](O)(C(F)(F)F)c4cc(F)ccc43)c3c(c2)C(=O)N[C@H]3c2cc(F)ccc2Cl)COC1. The molecule has 42 heavy (non-hydrogen) atoms. The average Bonchev–Trinajstić information content (AvgIpc) is 3.39. The first-order valence-electron chi connectivity index (χ1n) is 12.9. The zero-order valence-electron chi connectivity index (χ0n) is 21.9. The Kier molecular flexibility index (Phi) is 6.52. The highest BCUT2D eigenvalue weighted by atomic mass is 35.5. The fraction of sp³-hybridized carbons (Fsp3) is 0.310. The molecule has 0 spiro atoms. The van der Waals surface area contributed by atoms with Gasteiger partial charge in [0.1, 0.15) is 11.6 Å². The van der Waals surface area contributed by atoms with Crippen LogP contribution in [0.5, 0.6) is 0 Å². The molecule has 1 fully saturated rings. The van der Waals surface area contributed by atoms with Gasteiger partial charge in [-0.05, 0) is 60.5 Å². The molecule has 0 bridgehead atoms. The molecule has 3 heterocycles. The number of aliphatic hydroxyl groups is 1. The Morgan fingerprint density at radius 1 is 1.14 bits per heavy atom. The molecule has 3 aromatic carbocycles. The molecule has 6 rings (SSSR count). The van der Waals surface area contributed by atoms with Crippen molar-refractivity contribution in [1.29, 1.82) is 0 Å². The number of rotatable bonds is 4. The van der Waals surface area contributed by atoms with Crippen LogP contribution < -0.4 is 15.5 Å². The number of hydrogen-bond acceptors (Lipinski definition) is 4. The van der Waals surface area contributed by atoms with Gasteiger partial charge in [-0.15, -0.1) is 0 Å². The zero-order valence-corrected chi connectivity index (χ0v) is 22.7. The van der Waals surface area contributed by atoms with Crippen LogP contribution in [-0.4, -0.2) is 43.0 Å². The third-order valence-electron chi connectivity index (χ3n) is 7.89. The van der Waals surface area contributed by atoms with Crippen molar-refractivity contribution in [3.05, 3.63) is 93.0 Å². The standard InChI is InChI=1S/C29H23ClF5N3O4/c1-27(12-42-13-27)10-14-6-18-23(24(37-25(18)39)17-8-15(31)2-4-20(17)30)21(7-14)36-26(40)38-11-28(41,29(33,34)35)19-9-16(32)3-5-22(19)38/h2-9,24,41H,10-13H2,1H3,(H,36,40)(H,37,39)/t24-,28-/m0/s1. The van der Waals surface area contributed by atoms with Crippen LogP contribution in [0.1, 0.15) is 45.6 Å². The van der Waals surface area contributed by atoms with E-state index in [0.717, 1.165) is 24.3 Å². The predicted molar refractivity (Wildman–Crippen MR) is 143 cm³/mol. The topological polar surface area (TPSA) is 90.9 Å². The average molecular weight is 608 g/mol. The van der Waals surface area contributed by atoms with E-state index in [-0.39, 0.29) is 38.5 Å². The fourth-order valence-electron chi connectivity index (χ4n) is 5.79. The second kappa shape index (κ2) is 9.65. The molecule has 0 radical (unpaired) electrons. The van der Waals surface area contributed by atoms with Crippen LogP contribution in [0.25, 0.3) is 0 Å². The van der Waals surface area contributed by atoms with Crippen LogP contribution in [0.15, 0.2) is 48.5 Å². The van der Waals surface area contributed by atoms with E-state index in [2.05, 4.69) is 10.6 Å². The number of benzene rings is 3. The summed E-state index contributed by atoms with van der Waals surface area (Å²) in [7, 11) is 0. The molecule has 1 saturated heterocycles. The molecule has 3 aliphatic heterocycles. The van der Waals surface area contributed by atoms with Crippen LogP contribution in [0.4, 0.5) is 38.1 Å². The van der Waals surface area contributed by atoms with E-state index in [4.69, 9.17) is 16.3 Å². The summed E-state index contributed by atoms with van der Waals surface area (Å²) >= 11 is 6.35. The highest BCUT2D eigenvalue weighted by Gasteiger charge is 2.61. The highest BCUT2D eigenvalue weighted by Crippen LogP contribution is 2.49. The summed E-state index contributed by atoms with van der Waals surface area (Å²) in [6.07, 6.45) is -4.76. The quantitative estimate of drug-likeness (QED) is 0.326. The second-order valence-electron chi connectivity index (χ2n) is 11.2. The number of fused-ring (bicyclic) bond motifs is 2. The van der Waals surface area contributed by atoms with Gasteiger partial charge >= 0.3 is 12.2 Å². The number of urea groups is 1. The fourth-order valence-corrected chi connectivity index (χ4v) is 6.02. The van der Waals surface area contributed by atoms with Crippen LogP contribution in [0, 0.1) is 17.0 Å². The smallest absolute Gasteiger partial charge is 0.380 e. The number of nitrogens with zero attached hydrogens (tertiary/aromatic N) is 1. The van der Waals surface area contributed by atoms with Gasteiger partial charge in [-0.2, -0.15) is 13.2 Å². The number of carbonyl (C=O) groups excluding carboxylic acids is 2. The Morgan fingerprint density at radius 3 is 2.50 bits per heavy atom. The number of hydrogen-bond donors (Lipinski definition) is 3. The Labute approximate surface area is 241 Å². The van der Waals surface area contributed by atoms with Crippen molar-refractivity contribution in [2.24, 2.45) is 5.41 Å². The van der Waals surface area contributed by atoms with Crippen molar-refractivity contribution in [1.82, 2.24) is 5.32 Å². The van der Waals surface area contributed by atoms with E-state index in [1.807, 2.05) is 6.92 Å². The van der Waals surface area contributed by atoms with Crippen LogP contribution in [0.2, 0.25) is 5.02 Å². The summed E-state index contributed by atoms with van der Waals surface area (Å²) in [5, 5.41) is 16.1. The van der Waals surface area contributed by atoms with Crippen molar-refractivity contribution in [2.45, 2.75) is 31.2 Å². The Morgan fingerprint density at radius 2 is 1.83 bits per heavy atom. The van der Waals surface area contributed by atoms with Crippen molar-refractivity contribution < 1.29 is 41.4 Å². The first-order valence-corrected chi connectivity index (χ1v) is 13.2. The minimum Gasteiger partial charge on any atom is -0.380 e. The normalized spacial score (nSPS) is 22.3. The minimum atomic E-state index is -5.22. The third kappa shape index (κ3) is 4.58. The van der Waals surface area contributed by atoms with Gasteiger partial charge in [0.15, 0.2) is 0 Å². The highest BCUT2D eigenvalue weighted by molar-refractivity contribution is 6.31.